The van der Waals surface area contributed by atoms with E-state index in [4.69, 9.17) is 89.5 Å². The van der Waals surface area contributed by atoms with E-state index in [-0.39, 0.29) is 98.3 Å². The van der Waals surface area contributed by atoms with Crippen LogP contribution in [0.25, 0.3) is 0 Å². The Morgan fingerprint density at radius 1 is 0.444 bits per heavy atom. The number of nitrogens with zero attached hydrogens (tertiary/aromatic N) is 12. The predicted molar refractivity (Wildman–Crippen MR) is 375 cm³/mol. The van der Waals surface area contributed by atoms with Gasteiger partial charge in [-0.25, -0.2) is 33.2 Å². The van der Waals surface area contributed by atoms with E-state index < -0.39 is 139 Å². The molecule has 0 bridgehead atoms. The van der Waals surface area contributed by atoms with Gasteiger partial charge in [0.05, 0.1) is 122 Å². The van der Waals surface area contributed by atoms with E-state index in [9.17, 15) is 28.8 Å². The van der Waals surface area contributed by atoms with Crippen molar-refractivity contribution in [3.8, 4) is 0 Å². The Kier molecular flexibility index (Phi) is 25.8. The Labute approximate surface area is 630 Å². The highest BCUT2D eigenvalue weighted by Gasteiger charge is 2.59. The van der Waals surface area contributed by atoms with Crippen LogP contribution in [0.4, 0.5) is 0 Å². The number of esters is 6. The standard InChI is InChI=1S/C74H84Cl2N12O20/c1-42-43(2)71(102-60(61(42)76)40-96-47(6)89)108-74(41-75)46(5)64(99-48(7)90)59(107-74)35-88-31-55(79-83-88)37-95-36-54-30-86(82-78-54)33-57-44(3)63(104-68(92)50-23-15-10-16-24-50)66(106-70(94)52-27-19-12-20-28-52)73(101-57)98-39-56-32-87(84-80-56)34-58-45(4)62(103-67(91)49-21-13-9-14-22-49)65(105-69(93)51-25-17-11-18-26-51)72(100-58)97-38-53-29-85(8)81-77-53/h9-32,42-46,57-66,71-73H,33-41H2,1-8H3/t42-,43-,44-,45-,46+,57-,58-,59-,60-,61-,62+,63+,64+,65-,66-,71-,72-,73?,74+/m1/s1. The number of halogens is 2. The third kappa shape index (κ3) is 19.1. The molecule has 574 valence electrons. The van der Waals surface area contributed by atoms with Crippen molar-refractivity contribution in [3.05, 3.63) is 191 Å². The molecular formula is C74H84Cl2N12O20. The molecule has 4 saturated heterocycles. The molecule has 8 heterocycles. The SMILES string of the molecule is CC(=O)OC[C@H]1O[C@H](O[C@]2(CCl)O[C@H](Cn3cc(COCc4cn(C[C@H]5OC(OCc6cn(C[C@H]7O[C@@H](OCc8cn(C)nn8)[C@H](OC(=O)c8ccccc8)[C@@H](OC(=O)c8ccccc8)[C@@H]7C)nn6)[C@H](OC(=O)c6ccccc6)[C@@H](OC(=O)c6ccccc6)[C@@H]5C)nn4)nn3)[C@@H](OC(C)=O)[C@@H]2C)[C@H](C)[C@@H](C)[C@H]1Cl. The lowest BCUT2D eigenvalue weighted by molar-refractivity contribution is -0.340. The smallest absolute Gasteiger partial charge is 0.338 e. The van der Waals surface area contributed by atoms with Crippen molar-refractivity contribution in [2.24, 2.45) is 36.6 Å². The van der Waals surface area contributed by atoms with E-state index in [1.165, 1.54) is 32.6 Å². The van der Waals surface area contributed by atoms with Crippen LogP contribution in [0.3, 0.4) is 0 Å². The maximum atomic E-state index is 14.2. The number of benzene rings is 4. The molecule has 0 spiro atoms. The lowest BCUT2D eigenvalue weighted by Gasteiger charge is -2.45. The summed E-state index contributed by atoms with van der Waals surface area (Å²) >= 11 is 13.5. The molecule has 0 aliphatic carbocycles. The van der Waals surface area contributed by atoms with Crippen molar-refractivity contribution in [3.63, 3.8) is 0 Å². The van der Waals surface area contributed by atoms with Crippen LogP contribution in [0, 0.1) is 29.6 Å². The van der Waals surface area contributed by atoms with Gasteiger partial charge in [0.15, 0.2) is 36.9 Å². The van der Waals surface area contributed by atoms with Gasteiger partial charge in [0.2, 0.25) is 0 Å². The molecule has 19 atom stereocenters. The number of alkyl halides is 2. The van der Waals surface area contributed by atoms with Crippen LogP contribution < -0.4 is 0 Å². The topological polar surface area (TPSA) is 354 Å². The molecular weight excluding hydrogens is 1450 g/mol. The summed E-state index contributed by atoms with van der Waals surface area (Å²) < 4.78 is 94.3. The third-order valence-corrected chi connectivity index (χ3v) is 20.5. The number of hydrogen-bond acceptors (Lipinski definition) is 28. The van der Waals surface area contributed by atoms with Crippen molar-refractivity contribution < 1.29 is 95.1 Å². The van der Waals surface area contributed by atoms with Gasteiger partial charge >= 0.3 is 35.8 Å². The van der Waals surface area contributed by atoms with Crippen LogP contribution in [-0.2, 0) is 129 Å². The first kappa shape index (κ1) is 78.1. The molecule has 32 nitrogen and oxygen atoms in total. The molecule has 0 N–H and O–H groups in total. The summed E-state index contributed by atoms with van der Waals surface area (Å²) in [7, 11) is 1.70. The van der Waals surface area contributed by atoms with Gasteiger partial charge in [-0.3, -0.25) is 14.3 Å². The Morgan fingerprint density at radius 3 is 1.23 bits per heavy atom. The molecule has 8 aromatic rings. The summed E-state index contributed by atoms with van der Waals surface area (Å²) in [6.45, 7) is 11.4. The minimum atomic E-state index is -1.50. The number of rotatable bonds is 30. The first-order valence-electron chi connectivity index (χ1n) is 35.3. The predicted octanol–water partition coefficient (Wildman–Crippen LogP) is 7.45. The second-order valence-corrected chi connectivity index (χ2v) is 27.9. The maximum Gasteiger partial charge on any atom is 0.338 e. The molecule has 4 aliphatic rings. The van der Waals surface area contributed by atoms with Crippen LogP contribution in [0.1, 0.15) is 113 Å². The molecule has 1 unspecified atom stereocenters. The maximum absolute atomic E-state index is 14.2. The molecule has 0 saturated carbocycles. The minimum Gasteiger partial charge on any atom is -0.463 e. The molecule has 4 aromatic carbocycles. The Hall–Kier alpha value is -9.48. The van der Waals surface area contributed by atoms with E-state index in [0.717, 1.165) is 0 Å². The summed E-state index contributed by atoms with van der Waals surface area (Å²) in [6.07, 6.45) is -6.05. The van der Waals surface area contributed by atoms with Gasteiger partial charge in [0.1, 0.15) is 59.9 Å². The molecule has 0 radical (unpaired) electrons. The highest BCUT2D eigenvalue weighted by atomic mass is 35.5. The van der Waals surface area contributed by atoms with Crippen LogP contribution in [0.5, 0.6) is 0 Å². The minimum absolute atomic E-state index is 0.000652. The van der Waals surface area contributed by atoms with E-state index >= 15 is 0 Å². The molecule has 34 heteroatoms. The Balaban J connectivity index is 0.735. The van der Waals surface area contributed by atoms with Crippen molar-refractivity contribution in [1.82, 2.24) is 60.0 Å². The first-order chi connectivity index (χ1) is 52.1. The molecule has 12 rings (SSSR count). The van der Waals surface area contributed by atoms with Gasteiger partial charge in [0.25, 0.3) is 0 Å². The van der Waals surface area contributed by atoms with Gasteiger partial charge in [-0.05, 0) is 54.4 Å². The van der Waals surface area contributed by atoms with Crippen molar-refractivity contribution in [2.75, 3.05) is 12.5 Å². The molecule has 4 fully saturated rings. The molecule has 0 amide bonds. The lowest BCUT2D eigenvalue weighted by atomic mass is 9.86. The van der Waals surface area contributed by atoms with Gasteiger partial charge in [-0.1, -0.05) is 128 Å². The quantitative estimate of drug-likeness (QED) is 0.0239. The number of hydrogen-bond donors (Lipinski definition) is 0. The zero-order valence-corrected chi connectivity index (χ0v) is 61.9. The van der Waals surface area contributed by atoms with E-state index in [0.29, 0.717) is 17.1 Å². The number of ether oxygens (including phenoxy) is 14. The highest BCUT2D eigenvalue weighted by Crippen LogP contribution is 2.45. The van der Waals surface area contributed by atoms with Crippen molar-refractivity contribution in [1.29, 1.82) is 0 Å². The summed E-state index contributed by atoms with van der Waals surface area (Å²) in [5.74, 6) is -7.88. The second-order valence-electron chi connectivity index (χ2n) is 27.1. The fourth-order valence-corrected chi connectivity index (χ4v) is 14.0. The molecule has 4 aliphatic heterocycles. The monoisotopic (exact) mass is 1530 g/mol. The largest absolute Gasteiger partial charge is 0.463 e. The number of aromatic nitrogens is 12. The second kappa shape index (κ2) is 35.7. The summed E-state index contributed by atoms with van der Waals surface area (Å²) in [5, 5.41) is 34.0. The number of carbonyl (C=O) groups excluding carboxylic acids is 6. The fourth-order valence-electron chi connectivity index (χ4n) is 13.3. The van der Waals surface area contributed by atoms with Gasteiger partial charge in [-0.2, -0.15) is 0 Å². The van der Waals surface area contributed by atoms with Crippen LogP contribution in [0.2, 0.25) is 0 Å². The van der Waals surface area contributed by atoms with E-state index in [1.807, 2.05) is 20.8 Å². The average molecular weight is 1530 g/mol. The summed E-state index contributed by atoms with van der Waals surface area (Å²) in [4.78, 5) is 80.4. The van der Waals surface area contributed by atoms with Gasteiger partial charge in [-0.15, -0.1) is 43.6 Å². The molecule has 108 heavy (non-hydrogen) atoms. The van der Waals surface area contributed by atoms with Gasteiger partial charge in [0, 0.05) is 38.6 Å². The van der Waals surface area contributed by atoms with E-state index in [2.05, 4.69) is 41.2 Å². The summed E-state index contributed by atoms with van der Waals surface area (Å²) in [5.41, 5.74) is 2.55. The highest BCUT2D eigenvalue weighted by molar-refractivity contribution is 6.21. The van der Waals surface area contributed by atoms with Gasteiger partial charge < -0.3 is 66.3 Å². The van der Waals surface area contributed by atoms with Crippen molar-refractivity contribution >= 4 is 59.0 Å². The van der Waals surface area contributed by atoms with Crippen LogP contribution in [0.15, 0.2) is 146 Å². The first-order valence-corrected chi connectivity index (χ1v) is 36.3. The van der Waals surface area contributed by atoms with Crippen LogP contribution in [-0.4, -0.2) is 193 Å². The Bertz CT molecular complexity index is 4320. The fraction of sp³-hybridized carbons (Fsp3) is 0.486. The average Bonchev–Trinajstić information content (AvgIpc) is 1.60. The molecule has 4 aromatic heterocycles. The number of aryl methyl sites for hydroxylation is 1. The zero-order valence-electron chi connectivity index (χ0n) is 60.4. The van der Waals surface area contributed by atoms with Crippen LogP contribution >= 0.6 is 23.2 Å². The lowest BCUT2D eigenvalue weighted by Crippen LogP contribution is -2.58. The van der Waals surface area contributed by atoms with E-state index in [1.54, 1.807) is 167 Å². The zero-order chi connectivity index (χ0) is 76.2. The normalized spacial score (nSPS) is 28.3. The summed E-state index contributed by atoms with van der Waals surface area (Å²) in [6, 6.07) is 33.4. The van der Waals surface area contributed by atoms with Crippen molar-refractivity contribution in [2.45, 2.75) is 179 Å². The Morgan fingerprint density at radius 2 is 0.833 bits per heavy atom. The third-order valence-electron chi connectivity index (χ3n) is 19.4. The number of carbonyl (C=O) groups is 6.